The van der Waals surface area contributed by atoms with Crippen LogP contribution in [0, 0.1) is 6.92 Å². The molecule has 0 saturated carbocycles. The molecule has 0 unspecified atom stereocenters. The van der Waals surface area contributed by atoms with E-state index >= 15 is 0 Å². The van der Waals surface area contributed by atoms with Gasteiger partial charge in [-0.2, -0.15) is 0 Å². The van der Waals surface area contributed by atoms with Crippen LogP contribution in [0.15, 0.2) is 47.2 Å². The van der Waals surface area contributed by atoms with Crippen LogP contribution in [-0.4, -0.2) is 15.6 Å². The molecule has 3 aromatic rings. The van der Waals surface area contributed by atoms with Gasteiger partial charge in [0.2, 0.25) is 0 Å². The molecule has 0 aliphatic heterocycles. The van der Waals surface area contributed by atoms with Gasteiger partial charge in [-0.25, -0.2) is 4.79 Å². The number of aromatic carboxylic acids is 1. The SMILES string of the molecule is Cc1ccc2c(ccn2Cc2cc(C(=O)O)co2)c1. The molecule has 3 rings (SSSR count). The van der Waals surface area contributed by atoms with Gasteiger partial charge in [0.1, 0.15) is 12.0 Å². The Morgan fingerprint density at radius 1 is 1.32 bits per heavy atom. The zero-order valence-corrected chi connectivity index (χ0v) is 10.5. The van der Waals surface area contributed by atoms with Crippen LogP contribution in [0.5, 0.6) is 0 Å². The van der Waals surface area contributed by atoms with Gasteiger partial charge >= 0.3 is 5.97 Å². The lowest BCUT2D eigenvalue weighted by molar-refractivity contribution is 0.0696. The van der Waals surface area contributed by atoms with Gasteiger partial charge < -0.3 is 14.1 Å². The highest BCUT2D eigenvalue weighted by Crippen LogP contribution is 2.19. The number of furan rings is 1. The van der Waals surface area contributed by atoms with Gasteiger partial charge in [0.05, 0.1) is 12.1 Å². The molecular formula is C15H13NO3. The lowest BCUT2D eigenvalue weighted by Crippen LogP contribution is -1.97. The van der Waals surface area contributed by atoms with Crippen LogP contribution >= 0.6 is 0 Å². The predicted octanol–water partition coefficient (Wildman–Crippen LogP) is 3.29. The molecule has 0 bridgehead atoms. The van der Waals surface area contributed by atoms with E-state index in [4.69, 9.17) is 9.52 Å². The summed E-state index contributed by atoms with van der Waals surface area (Å²) in [5, 5.41) is 10.0. The third-order valence-electron chi connectivity index (χ3n) is 3.15. The van der Waals surface area contributed by atoms with Crippen molar-refractivity contribution in [3.05, 3.63) is 59.7 Å². The third-order valence-corrected chi connectivity index (χ3v) is 3.15. The van der Waals surface area contributed by atoms with E-state index in [0.29, 0.717) is 12.3 Å². The molecule has 4 nitrogen and oxygen atoms in total. The molecule has 0 aliphatic carbocycles. The first-order valence-electron chi connectivity index (χ1n) is 6.00. The highest BCUT2D eigenvalue weighted by Gasteiger charge is 2.09. The average Bonchev–Trinajstić information content (AvgIpc) is 2.97. The van der Waals surface area contributed by atoms with Crippen molar-refractivity contribution in [2.24, 2.45) is 0 Å². The van der Waals surface area contributed by atoms with E-state index in [9.17, 15) is 4.79 Å². The Bertz CT molecular complexity index is 752. The Kier molecular flexibility index (Phi) is 2.63. The molecule has 0 aliphatic rings. The molecule has 1 N–H and O–H groups in total. The summed E-state index contributed by atoms with van der Waals surface area (Å²) in [6.45, 7) is 2.59. The number of hydrogen-bond donors (Lipinski definition) is 1. The average molecular weight is 255 g/mol. The molecule has 0 fully saturated rings. The molecule has 0 saturated heterocycles. The maximum atomic E-state index is 10.8. The zero-order valence-electron chi connectivity index (χ0n) is 10.5. The summed E-state index contributed by atoms with van der Waals surface area (Å²) in [5.41, 5.74) is 2.51. The Morgan fingerprint density at radius 2 is 2.16 bits per heavy atom. The van der Waals surface area contributed by atoms with Crippen LogP contribution in [0.1, 0.15) is 21.7 Å². The van der Waals surface area contributed by atoms with Crippen molar-refractivity contribution in [2.45, 2.75) is 13.5 Å². The Morgan fingerprint density at radius 3 is 2.89 bits per heavy atom. The number of carbonyl (C=O) groups is 1. The third kappa shape index (κ3) is 2.12. The maximum absolute atomic E-state index is 10.8. The fourth-order valence-corrected chi connectivity index (χ4v) is 2.20. The van der Waals surface area contributed by atoms with Gasteiger partial charge in [0, 0.05) is 11.7 Å². The molecule has 0 amide bonds. The largest absolute Gasteiger partial charge is 0.478 e. The van der Waals surface area contributed by atoms with Crippen molar-refractivity contribution in [1.29, 1.82) is 0 Å². The van der Waals surface area contributed by atoms with Crippen molar-refractivity contribution in [2.75, 3.05) is 0 Å². The second-order valence-electron chi connectivity index (χ2n) is 4.61. The molecule has 0 radical (unpaired) electrons. The molecule has 19 heavy (non-hydrogen) atoms. The highest BCUT2D eigenvalue weighted by atomic mass is 16.4. The topological polar surface area (TPSA) is 55.4 Å². The minimum atomic E-state index is -0.969. The monoisotopic (exact) mass is 255 g/mol. The molecule has 2 heterocycles. The lowest BCUT2D eigenvalue weighted by atomic mass is 10.2. The summed E-state index contributed by atoms with van der Waals surface area (Å²) in [5.74, 6) is -0.335. The highest BCUT2D eigenvalue weighted by molar-refractivity contribution is 5.87. The summed E-state index contributed by atoms with van der Waals surface area (Å²) in [6, 6.07) is 9.84. The Balaban J connectivity index is 1.94. The first-order chi connectivity index (χ1) is 9.13. The van der Waals surface area contributed by atoms with E-state index in [-0.39, 0.29) is 5.56 Å². The second kappa shape index (κ2) is 4.31. The minimum absolute atomic E-state index is 0.183. The number of hydrogen-bond acceptors (Lipinski definition) is 2. The molecule has 4 heteroatoms. The molecule has 0 atom stereocenters. The summed E-state index contributed by atoms with van der Waals surface area (Å²) in [4.78, 5) is 10.8. The van der Waals surface area contributed by atoms with E-state index in [0.717, 1.165) is 5.52 Å². The minimum Gasteiger partial charge on any atom is -0.478 e. The van der Waals surface area contributed by atoms with E-state index in [2.05, 4.69) is 25.1 Å². The standard InChI is InChI=1S/C15H13NO3/c1-10-2-3-14-11(6-10)4-5-16(14)8-13-7-12(9-19-13)15(17)18/h2-7,9H,8H2,1H3,(H,17,18). The van der Waals surface area contributed by atoms with Crippen LogP contribution in [0.2, 0.25) is 0 Å². The summed E-state index contributed by atoms with van der Waals surface area (Å²) in [7, 11) is 0. The lowest BCUT2D eigenvalue weighted by Gasteiger charge is -2.03. The number of nitrogens with zero attached hydrogens (tertiary/aromatic N) is 1. The summed E-state index contributed by atoms with van der Waals surface area (Å²) in [6.07, 6.45) is 3.25. The first-order valence-corrected chi connectivity index (χ1v) is 6.00. The maximum Gasteiger partial charge on any atom is 0.338 e. The molecule has 1 aromatic carbocycles. The van der Waals surface area contributed by atoms with E-state index in [1.807, 2.05) is 16.8 Å². The number of aromatic nitrogens is 1. The van der Waals surface area contributed by atoms with E-state index in [1.165, 1.54) is 17.2 Å². The van der Waals surface area contributed by atoms with Crippen LogP contribution in [-0.2, 0) is 6.54 Å². The first kappa shape index (κ1) is 11.6. The van der Waals surface area contributed by atoms with Gasteiger partial charge in [0.15, 0.2) is 0 Å². The quantitative estimate of drug-likeness (QED) is 0.781. The zero-order chi connectivity index (χ0) is 13.4. The van der Waals surface area contributed by atoms with Crippen molar-refractivity contribution in [3.63, 3.8) is 0 Å². The van der Waals surface area contributed by atoms with E-state index < -0.39 is 5.97 Å². The number of carboxylic acids is 1. The smallest absolute Gasteiger partial charge is 0.338 e. The van der Waals surface area contributed by atoms with Gasteiger partial charge in [-0.15, -0.1) is 0 Å². The Labute approximate surface area is 109 Å². The van der Waals surface area contributed by atoms with Crippen LogP contribution in [0.3, 0.4) is 0 Å². The van der Waals surface area contributed by atoms with Gasteiger partial charge in [0.25, 0.3) is 0 Å². The summed E-state index contributed by atoms with van der Waals surface area (Å²) < 4.78 is 7.31. The van der Waals surface area contributed by atoms with Crippen LogP contribution in [0.4, 0.5) is 0 Å². The predicted molar refractivity (Wildman–Crippen MR) is 71.4 cm³/mol. The van der Waals surface area contributed by atoms with Crippen LogP contribution in [0.25, 0.3) is 10.9 Å². The van der Waals surface area contributed by atoms with Crippen LogP contribution < -0.4 is 0 Å². The second-order valence-corrected chi connectivity index (χ2v) is 4.61. The molecular weight excluding hydrogens is 242 g/mol. The summed E-state index contributed by atoms with van der Waals surface area (Å²) >= 11 is 0. The van der Waals surface area contributed by atoms with Crippen molar-refractivity contribution >= 4 is 16.9 Å². The van der Waals surface area contributed by atoms with E-state index in [1.54, 1.807) is 6.07 Å². The van der Waals surface area contributed by atoms with Gasteiger partial charge in [-0.05, 0) is 36.6 Å². The molecule has 96 valence electrons. The molecule has 2 aromatic heterocycles. The number of benzene rings is 1. The van der Waals surface area contributed by atoms with Gasteiger partial charge in [-0.1, -0.05) is 11.6 Å². The number of fused-ring (bicyclic) bond motifs is 1. The van der Waals surface area contributed by atoms with Crippen molar-refractivity contribution < 1.29 is 14.3 Å². The number of carboxylic acid groups (broad SMARTS) is 1. The molecule has 0 spiro atoms. The fraction of sp³-hybridized carbons (Fsp3) is 0.133. The number of aryl methyl sites for hydroxylation is 1. The Hall–Kier alpha value is -2.49. The number of rotatable bonds is 3. The van der Waals surface area contributed by atoms with Gasteiger partial charge in [-0.3, -0.25) is 0 Å². The normalized spacial score (nSPS) is 11.0. The van der Waals surface area contributed by atoms with Crippen molar-refractivity contribution in [3.8, 4) is 0 Å². The van der Waals surface area contributed by atoms with Crippen molar-refractivity contribution in [1.82, 2.24) is 4.57 Å². The fourth-order valence-electron chi connectivity index (χ4n) is 2.20.